The number of nitrogens with zero attached hydrogens (tertiary/aromatic N) is 4. The fourth-order valence-electron chi connectivity index (χ4n) is 7.51. The quantitative estimate of drug-likeness (QED) is 0.0687. The van der Waals surface area contributed by atoms with Gasteiger partial charge in [-0.05, 0) is 84.7 Å². The Morgan fingerprint density at radius 2 is 1.30 bits per heavy atom. The summed E-state index contributed by atoms with van der Waals surface area (Å²) in [5.74, 6) is 0.728. The second kappa shape index (κ2) is 23.6. The number of alkyl halides is 1. The second-order valence-corrected chi connectivity index (χ2v) is 18.7. The number of rotatable bonds is 16. The minimum Gasteiger partial charge on any atom is -0.453 e. The molecule has 1 aliphatic heterocycles. The summed E-state index contributed by atoms with van der Waals surface area (Å²) in [7, 11) is 2.52. The van der Waals surface area contributed by atoms with Crippen LogP contribution in [0, 0.1) is 0 Å². The van der Waals surface area contributed by atoms with Crippen molar-refractivity contribution in [1.29, 1.82) is 0 Å². The lowest BCUT2D eigenvalue weighted by Crippen LogP contribution is -2.44. The number of methoxy groups -OCH3 is 2. The smallest absolute Gasteiger partial charge is 0.407 e. The van der Waals surface area contributed by atoms with Crippen LogP contribution >= 0.6 is 15.9 Å². The third kappa shape index (κ3) is 14.0. The van der Waals surface area contributed by atoms with Gasteiger partial charge in [0.1, 0.15) is 24.2 Å². The third-order valence-electron chi connectivity index (χ3n) is 10.8. The molecule has 4 amide bonds. The van der Waals surface area contributed by atoms with Gasteiger partial charge >= 0.3 is 12.2 Å². The molecule has 1 aliphatic rings. The Labute approximate surface area is 394 Å². The molecule has 4 N–H and O–H groups in total. The maximum Gasteiger partial charge on any atom is 0.407 e. The van der Waals surface area contributed by atoms with E-state index in [0.29, 0.717) is 30.3 Å². The third-order valence-corrected chi connectivity index (χ3v) is 11.1. The first kappa shape index (κ1) is 48.9. The number of hydrogen-bond acceptors (Lipinski definition) is 9. The monoisotopic (exact) mass is 962 g/mol. The van der Waals surface area contributed by atoms with Crippen molar-refractivity contribution in [2.75, 3.05) is 47.1 Å². The van der Waals surface area contributed by atoms with Gasteiger partial charge in [0.15, 0.2) is 0 Å². The van der Waals surface area contributed by atoms with Crippen LogP contribution in [0.2, 0.25) is 0 Å². The number of aromatic nitrogens is 4. The molecule has 7 rings (SSSR count). The maximum atomic E-state index is 13.8. The van der Waals surface area contributed by atoms with Gasteiger partial charge < -0.3 is 44.6 Å². The van der Waals surface area contributed by atoms with E-state index in [1.807, 2.05) is 57.2 Å². The second-order valence-electron chi connectivity index (χ2n) is 16.6. The van der Waals surface area contributed by atoms with Crippen molar-refractivity contribution in [3.63, 3.8) is 0 Å². The molecule has 0 radical (unpaired) electrons. The zero-order valence-corrected chi connectivity index (χ0v) is 39.8. The highest BCUT2D eigenvalue weighted by Crippen LogP contribution is 2.30. The minimum atomic E-state index is -0.906. The molecular formula is C50H59BrN8O7. The molecular weight excluding hydrogens is 905 g/mol. The normalized spacial score (nSPS) is 12.9. The molecule has 4 aromatic carbocycles. The molecule has 16 heteroatoms. The van der Waals surface area contributed by atoms with Crippen LogP contribution in [0.3, 0.4) is 0 Å². The SMILES string of the molecule is C1CCOCC1.CCCN(Cc1ncc(-c2ccc3cc(-c4ccc(-c5cnc(CN(CC(C)(C)Br)C(=O)CNC(=O)OC)[nH]5)cc4)ccc3c2)[nH]1)C(=O)C(NC(=O)OC)c1ccccc1. The maximum absolute atomic E-state index is 13.8. The number of nitrogens with one attached hydrogen (secondary N) is 4. The highest BCUT2D eigenvalue weighted by atomic mass is 79.9. The average Bonchev–Trinajstić information content (AvgIpc) is 4.02. The highest BCUT2D eigenvalue weighted by Gasteiger charge is 2.29. The molecule has 6 aromatic rings. The summed E-state index contributed by atoms with van der Waals surface area (Å²) in [6, 6.07) is 29.0. The number of hydrogen-bond donors (Lipinski definition) is 4. The molecule has 1 atom stereocenters. The van der Waals surface area contributed by atoms with E-state index >= 15 is 0 Å². The fourth-order valence-corrected chi connectivity index (χ4v) is 7.81. The Morgan fingerprint density at radius 1 is 0.742 bits per heavy atom. The van der Waals surface area contributed by atoms with Gasteiger partial charge in [0.2, 0.25) is 11.8 Å². The van der Waals surface area contributed by atoms with E-state index in [1.165, 1.54) is 33.5 Å². The van der Waals surface area contributed by atoms with Crippen LogP contribution in [0.15, 0.2) is 103 Å². The molecule has 1 saturated heterocycles. The number of carbonyl (C=O) groups is 4. The lowest BCUT2D eigenvalue weighted by atomic mass is 9.98. The van der Waals surface area contributed by atoms with Gasteiger partial charge in [-0.15, -0.1) is 0 Å². The lowest BCUT2D eigenvalue weighted by molar-refractivity contribution is -0.134. The largest absolute Gasteiger partial charge is 0.453 e. The number of imidazole rings is 2. The standard InChI is InChI=1S/C45H49BrN8O6.C5H10O/c1-6-20-53(42(56)41(52-44(58)60-5)31-10-8-7-9-11-31)26-38-48-24-37(51-38)35-19-18-33-21-32(16-17-34(33)22-35)29-12-14-30(15-13-29)36-23-47-39(50-36)27-54(28-45(2,3)46)40(55)25-49-43(57)59-4;1-2-4-6-5-3-1/h7-19,21-24,41H,6,20,25-28H2,1-5H3,(H,47,50)(H,48,51)(H,49,57)(H,52,58);1-5H2. The zero-order chi connectivity index (χ0) is 47.1. The molecule has 0 bridgehead atoms. The predicted molar refractivity (Wildman–Crippen MR) is 258 cm³/mol. The first-order valence-electron chi connectivity index (χ1n) is 22.1. The summed E-state index contributed by atoms with van der Waals surface area (Å²) in [5, 5.41) is 7.29. The van der Waals surface area contributed by atoms with E-state index < -0.39 is 18.2 Å². The summed E-state index contributed by atoms with van der Waals surface area (Å²) >= 11 is 3.62. The Balaban J connectivity index is 0.00000111. The molecule has 3 heterocycles. The van der Waals surface area contributed by atoms with Gasteiger partial charge in [-0.2, -0.15) is 0 Å². The molecule has 0 spiro atoms. The molecule has 1 unspecified atom stereocenters. The summed E-state index contributed by atoms with van der Waals surface area (Å²) < 4.78 is 14.1. The van der Waals surface area contributed by atoms with E-state index in [4.69, 9.17) is 9.47 Å². The van der Waals surface area contributed by atoms with Gasteiger partial charge in [-0.3, -0.25) is 9.59 Å². The Hall–Kier alpha value is -6.52. The van der Waals surface area contributed by atoms with E-state index in [9.17, 15) is 19.2 Å². The molecule has 0 saturated carbocycles. The minimum absolute atomic E-state index is 0.189. The van der Waals surface area contributed by atoms with Crippen molar-refractivity contribution in [1.82, 2.24) is 40.4 Å². The van der Waals surface area contributed by atoms with Crippen molar-refractivity contribution >= 4 is 50.7 Å². The van der Waals surface area contributed by atoms with Crippen LogP contribution in [0.4, 0.5) is 9.59 Å². The summed E-state index contributed by atoms with van der Waals surface area (Å²) in [6.07, 6.45) is 6.83. The van der Waals surface area contributed by atoms with Gasteiger partial charge in [0, 0.05) is 36.2 Å². The number of carbonyl (C=O) groups excluding carboxylic acids is 4. The predicted octanol–water partition coefficient (Wildman–Crippen LogP) is 9.17. The van der Waals surface area contributed by atoms with Crippen molar-refractivity contribution in [3.05, 3.63) is 121 Å². The Kier molecular flexibility index (Phi) is 17.5. The van der Waals surface area contributed by atoms with Crippen LogP contribution < -0.4 is 10.6 Å². The van der Waals surface area contributed by atoms with E-state index in [2.05, 4.69) is 93.7 Å². The van der Waals surface area contributed by atoms with Crippen LogP contribution in [0.25, 0.3) is 44.4 Å². The molecule has 1 fully saturated rings. The average molecular weight is 964 g/mol. The number of benzene rings is 4. The van der Waals surface area contributed by atoms with Crippen LogP contribution in [0.1, 0.15) is 69.7 Å². The lowest BCUT2D eigenvalue weighted by Gasteiger charge is -2.28. The molecule has 2 aromatic heterocycles. The van der Waals surface area contributed by atoms with Gasteiger partial charge in [0.25, 0.3) is 0 Å². The van der Waals surface area contributed by atoms with E-state index in [0.717, 1.165) is 64.0 Å². The molecule has 0 aliphatic carbocycles. The van der Waals surface area contributed by atoms with Gasteiger partial charge in [-0.1, -0.05) is 102 Å². The first-order valence-corrected chi connectivity index (χ1v) is 22.9. The van der Waals surface area contributed by atoms with Crippen LogP contribution in [0.5, 0.6) is 0 Å². The van der Waals surface area contributed by atoms with E-state index in [-0.39, 0.29) is 35.8 Å². The summed E-state index contributed by atoms with van der Waals surface area (Å²) in [4.78, 5) is 69.8. The topological polar surface area (TPSA) is 184 Å². The van der Waals surface area contributed by atoms with Gasteiger partial charge in [-0.25, -0.2) is 19.6 Å². The number of ether oxygens (including phenoxy) is 3. The summed E-state index contributed by atoms with van der Waals surface area (Å²) in [5.41, 5.74) is 6.34. The Morgan fingerprint density at radius 3 is 1.86 bits per heavy atom. The molecule has 348 valence electrons. The van der Waals surface area contributed by atoms with Crippen molar-refractivity contribution in [2.45, 2.75) is 69.9 Å². The Bertz CT molecular complexity index is 2520. The number of H-pyrrole nitrogens is 2. The fraction of sp³-hybridized carbons (Fsp3) is 0.360. The van der Waals surface area contributed by atoms with Crippen molar-refractivity contribution in [3.8, 4) is 33.6 Å². The van der Waals surface area contributed by atoms with E-state index in [1.54, 1.807) is 34.3 Å². The molecule has 66 heavy (non-hydrogen) atoms. The number of aromatic amines is 2. The van der Waals surface area contributed by atoms with Crippen molar-refractivity contribution in [2.24, 2.45) is 0 Å². The zero-order valence-electron chi connectivity index (χ0n) is 38.2. The summed E-state index contributed by atoms with van der Waals surface area (Å²) in [6.45, 7) is 9.09. The highest BCUT2D eigenvalue weighted by molar-refractivity contribution is 9.10. The van der Waals surface area contributed by atoms with Crippen LogP contribution in [-0.4, -0.2) is 105 Å². The van der Waals surface area contributed by atoms with Gasteiger partial charge in [0.05, 0.1) is 51.1 Å². The molecule has 15 nitrogen and oxygen atoms in total. The van der Waals surface area contributed by atoms with Crippen molar-refractivity contribution < 1.29 is 33.4 Å². The number of fused-ring (bicyclic) bond motifs is 1. The number of alkyl carbamates (subject to hydrolysis) is 2. The number of amides is 4. The van der Waals surface area contributed by atoms with Crippen LogP contribution in [-0.2, 0) is 36.9 Å². The number of halogens is 1. The first-order chi connectivity index (χ1) is 31.8.